The molecule has 1 aliphatic heterocycles. The van der Waals surface area contributed by atoms with Gasteiger partial charge in [0.05, 0.1) is 15.3 Å². The lowest BCUT2D eigenvalue weighted by Gasteiger charge is -2.26. The molecule has 1 aromatic heterocycles. The van der Waals surface area contributed by atoms with Crippen molar-refractivity contribution in [2.45, 2.75) is 16.2 Å². The van der Waals surface area contributed by atoms with Crippen molar-refractivity contribution in [3.63, 3.8) is 0 Å². The second-order valence-electron chi connectivity index (χ2n) is 9.96. The highest BCUT2D eigenvalue weighted by Gasteiger charge is 2.36. The smallest absolute Gasteiger partial charge is 0.268 e. The number of para-hydroxylation sites is 1. The molecule has 4 aromatic carbocycles. The van der Waals surface area contributed by atoms with Crippen molar-refractivity contribution in [3.05, 3.63) is 136 Å². The van der Waals surface area contributed by atoms with Crippen molar-refractivity contribution < 1.29 is 21.6 Å². The van der Waals surface area contributed by atoms with E-state index < -0.39 is 25.8 Å². The number of ketones is 1. The van der Waals surface area contributed by atoms with Crippen LogP contribution in [0.2, 0.25) is 10.0 Å². The summed E-state index contributed by atoms with van der Waals surface area (Å²) in [7, 11) is -8.28. The summed E-state index contributed by atoms with van der Waals surface area (Å²) in [6.45, 7) is -0.339. The van der Waals surface area contributed by atoms with Crippen LogP contribution in [0.4, 0.5) is 0 Å². The first-order valence-corrected chi connectivity index (χ1v) is 16.9. The molecule has 1 aliphatic rings. The fraction of sp³-hybridized carbons (Fsp3) is 0.0938. The van der Waals surface area contributed by atoms with Crippen LogP contribution in [0.3, 0.4) is 0 Å². The Kier molecular flexibility index (Phi) is 7.78. The molecule has 0 amide bonds. The van der Waals surface area contributed by atoms with E-state index in [1.807, 2.05) is 0 Å². The van der Waals surface area contributed by atoms with Crippen LogP contribution in [0.15, 0.2) is 118 Å². The average molecular weight is 652 g/mol. The number of rotatable bonds is 5. The highest BCUT2D eigenvalue weighted by Crippen LogP contribution is 2.36. The molecule has 0 fully saturated rings. The second-order valence-corrected chi connectivity index (χ2v) is 14.5. The van der Waals surface area contributed by atoms with Gasteiger partial charge < -0.3 is 0 Å². The maximum atomic E-state index is 14.6. The zero-order chi connectivity index (χ0) is 30.4. The van der Waals surface area contributed by atoms with Crippen LogP contribution >= 0.6 is 23.2 Å². The number of benzene rings is 4. The lowest BCUT2D eigenvalue weighted by atomic mass is 9.97. The predicted octanol–water partition coefficient (Wildman–Crippen LogP) is 6.70. The molecule has 7 nitrogen and oxygen atoms in total. The summed E-state index contributed by atoms with van der Waals surface area (Å²) in [4.78, 5) is 14.7. The molecule has 0 unspecified atom stereocenters. The van der Waals surface area contributed by atoms with Gasteiger partial charge in [0, 0.05) is 39.7 Å². The van der Waals surface area contributed by atoms with E-state index in [2.05, 4.69) is 0 Å². The van der Waals surface area contributed by atoms with E-state index in [1.165, 1.54) is 34.6 Å². The molecular weight excluding hydrogens is 627 g/mol. The molecule has 0 spiro atoms. The van der Waals surface area contributed by atoms with Gasteiger partial charge in [0.25, 0.3) is 10.0 Å². The molecule has 11 heteroatoms. The number of hydrogen-bond donors (Lipinski definition) is 0. The molecule has 6 rings (SSSR count). The Hall–Kier alpha value is -3.73. The van der Waals surface area contributed by atoms with Crippen LogP contribution in [0.5, 0.6) is 0 Å². The average Bonchev–Trinajstić information content (AvgIpc) is 3.34. The van der Waals surface area contributed by atoms with Crippen LogP contribution in [-0.4, -0.2) is 44.0 Å². The molecule has 43 heavy (non-hydrogen) atoms. The van der Waals surface area contributed by atoms with E-state index in [0.717, 1.165) is 3.97 Å². The molecule has 218 valence electrons. The molecule has 2 heterocycles. The van der Waals surface area contributed by atoms with Gasteiger partial charge in [0.2, 0.25) is 15.8 Å². The quantitative estimate of drug-likeness (QED) is 0.197. The summed E-state index contributed by atoms with van der Waals surface area (Å²) in [5.41, 5.74) is 1.05. The Balaban J connectivity index is 1.64. The largest absolute Gasteiger partial charge is 0.287 e. The van der Waals surface area contributed by atoms with E-state index in [1.54, 1.807) is 78.9 Å². The number of fused-ring (bicyclic) bond motifs is 3. The normalized spacial score (nSPS) is 15.8. The molecule has 0 atom stereocenters. The van der Waals surface area contributed by atoms with Gasteiger partial charge in [-0.05, 0) is 60.5 Å². The third kappa shape index (κ3) is 5.21. The molecule has 0 saturated carbocycles. The Morgan fingerprint density at radius 3 is 1.86 bits per heavy atom. The summed E-state index contributed by atoms with van der Waals surface area (Å²) in [5, 5.41) is 1.05. The van der Waals surface area contributed by atoms with Crippen molar-refractivity contribution in [3.8, 4) is 0 Å². The predicted molar refractivity (Wildman–Crippen MR) is 169 cm³/mol. The molecule has 0 saturated heterocycles. The van der Waals surface area contributed by atoms with Crippen molar-refractivity contribution in [2.24, 2.45) is 0 Å². The standard InChI is InChI=1S/C32H24Cl2N2O5S2/c33-28-15-9-16-29(34)27(28)20-22-21-35(42(38,39)23-10-3-1-4-11-23)19-18-26-25-14-7-8-17-30(25)36(31(26)32(22)37)43(40,41)24-12-5-2-6-13-24/h1-17,20H,18-19,21H2/b22-20+. The van der Waals surface area contributed by atoms with E-state index in [9.17, 15) is 21.6 Å². The van der Waals surface area contributed by atoms with Crippen LogP contribution < -0.4 is 0 Å². The third-order valence-corrected chi connectivity index (χ3v) is 11.6. The lowest BCUT2D eigenvalue weighted by molar-refractivity contribution is 0.102. The first kappa shape index (κ1) is 29.3. The molecule has 0 radical (unpaired) electrons. The van der Waals surface area contributed by atoms with Gasteiger partial charge >= 0.3 is 0 Å². The highest BCUT2D eigenvalue weighted by molar-refractivity contribution is 7.90. The molecule has 0 bridgehead atoms. The molecular formula is C32H24Cl2N2O5S2. The fourth-order valence-corrected chi connectivity index (χ4v) is 8.83. The van der Waals surface area contributed by atoms with Crippen LogP contribution in [0.25, 0.3) is 17.0 Å². The molecule has 0 N–H and O–H groups in total. The van der Waals surface area contributed by atoms with Crippen LogP contribution in [-0.2, 0) is 26.5 Å². The minimum atomic E-state index is -4.24. The number of carbonyl (C=O) groups is 1. The first-order chi connectivity index (χ1) is 20.6. The summed E-state index contributed by atoms with van der Waals surface area (Å²) in [6, 6.07) is 27.5. The first-order valence-electron chi connectivity index (χ1n) is 13.3. The lowest BCUT2D eigenvalue weighted by Crippen LogP contribution is -2.38. The van der Waals surface area contributed by atoms with Crippen LogP contribution in [0.1, 0.15) is 21.6 Å². The Bertz CT molecular complexity index is 2110. The summed E-state index contributed by atoms with van der Waals surface area (Å²) in [5.74, 6) is -0.644. The number of halogens is 2. The topological polar surface area (TPSA) is 93.5 Å². The van der Waals surface area contributed by atoms with Crippen molar-refractivity contribution in [1.29, 1.82) is 0 Å². The minimum Gasteiger partial charge on any atom is -0.287 e. The number of Topliss-reactive ketones (excluding diaryl/α,β-unsaturated/α-hetero) is 1. The maximum Gasteiger partial charge on any atom is 0.268 e. The van der Waals surface area contributed by atoms with Gasteiger partial charge in [0.15, 0.2) is 0 Å². The number of carbonyl (C=O) groups excluding carboxylic acids is 1. The number of nitrogens with zero attached hydrogens (tertiary/aromatic N) is 2. The second kappa shape index (κ2) is 11.4. The van der Waals surface area contributed by atoms with Gasteiger partial charge in [0.1, 0.15) is 5.69 Å². The Labute approximate surface area is 259 Å². The SMILES string of the molecule is O=C1/C(=C/c2c(Cl)cccc2Cl)CN(S(=O)(=O)c2ccccc2)CCc2c1n(S(=O)(=O)c1ccccc1)c1ccccc21. The summed E-state index contributed by atoms with van der Waals surface area (Å²) in [6.07, 6.45) is 1.55. The number of sulfonamides is 1. The molecule has 0 aliphatic carbocycles. The number of hydrogen-bond acceptors (Lipinski definition) is 5. The third-order valence-electron chi connectivity index (χ3n) is 7.38. The zero-order valence-electron chi connectivity index (χ0n) is 22.5. The van der Waals surface area contributed by atoms with E-state index in [4.69, 9.17) is 23.2 Å². The van der Waals surface area contributed by atoms with Crippen LogP contribution in [0, 0.1) is 0 Å². The van der Waals surface area contributed by atoms with Gasteiger partial charge in [-0.25, -0.2) is 20.8 Å². The van der Waals surface area contributed by atoms with E-state index in [-0.39, 0.29) is 50.6 Å². The Morgan fingerprint density at radius 2 is 1.23 bits per heavy atom. The molecule has 5 aromatic rings. The minimum absolute atomic E-state index is 0.00943. The van der Waals surface area contributed by atoms with Crippen molar-refractivity contribution in [1.82, 2.24) is 8.28 Å². The summed E-state index contributed by atoms with van der Waals surface area (Å²) < 4.78 is 58.3. The highest BCUT2D eigenvalue weighted by atomic mass is 35.5. The fourth-order valence-electron chi connectivity index (χ4n) is 5.32. The van der Waals surface area contributed by atoms with E-state index in [0.29, 0.717) is 22.0 Å². The Morgan fingerprint density at radius 1 is 0.674 bits per heavy atom. The van der Waals surface area contributed by atoms with E-state index >= 15 is 0 Å². The van der Waals surface area contributed by atoms with Gasteiger partial charge in [-0.3, -0.25) is 4.79 Å². The van der Waals surface area contributed by atoms with Gasteiger partial charge in [-0.2, -0.15) is 4.31 Å². The van der Waals surface area contributed by atoms with Crippen molar-refractivity contribution in [2.75, 3.05) is 13.1 Å². The van der Waals surface area contributed by atoms with Gasteiger partial charge in [-0.1, -0.05) is 83.9 Å². The van der Waals surface area contributed by atoms with Gasteiger partial charge in [-0.15, -0.1) is 0 Å². The van der Waals surface area contributed by atoms with Crippen molar-refractivity contribution >= 4 is 66.0 Å². The zero-order valence-corrected chi connectivity index (χ0v) is 25.7. The maximum absolute atomic E-state index is 14.6. The summed E-state index contributed by atoms with van der Waals surface area (Å²) >= 11 is 12.9. The monoisotopic (exact) mass is 650 g/mol. The number of aromatic nitrogens is 1.